The number of nitrogens with zero attached hydrogens (tertiary/aromatic N) is 2. The Kier molecular flexibility index (Phi) is 4.35. The Balaban J connectivity index is 3.53. The van der Waals surface area contributed by atoms with Crippen LogP contribution in [0.4, 0.5) is 8.78 Å². The zero-order chi connectivity index (χ0) is 13.0. The predicted octanol–water partition coefficient (Wildman–Crippen LogP) is 2.42. The predicted molar refractivity (Wildman–Crippen MR) is 54.8 cm³/mol. The molecule has 0 spiro atoms. The molecule has 0 aliphatic rings. The first-order valence-corrected chi connectivity index (χ1v) is 4.94. The van der Waals surface area contributed by atoms with Gasteiger partial charge in [0.15, 0.2) is 5.69 Å². The number of methoxy groups -OCH3 is 1. The van der Waals surface area contributed by atoms with Crippen LogP contribution in [-0.4, -0.2) is 18.1 Å². The highest BCUT2D eigenvalue weighted by atomic mass is 35.5. The molecule has 0 unspecified atom stereocenters. The van der Waals surface area contributed by atoms with Gasteiger partial charge in [-0.15, -0.1) is 11.6 Å². The largest absolute Gasteiger partial charge is 0.464 e. The average molecular weight is 261 g/mol. The number of halogens is 3. The molecule has 0 saturated heterocycles. The van der Waals surface area contributed by atoms with E-state index >= 15 is 0 Å². The maximum atomic E-state index is 12.8. The third-order valence-electron chi connectivity index (χ3n) is 2.05. The molecule has 0 bridgehead atoms. The van der Waals surface area contributed by atoms with Gasteiger partial charge < -0.3 is 4.74 Å². The molecular formula is C10H7ClF2N2O2. The number of alkyl halides is 3. The maximum Gasteiger partial charge on any atom is 0.358 e. The van der Waals surface area contributed by atoms with Crippen molar-refractivity contribution in [1.29, 1.82) is 5.26 Å². The molecule has 0 radical (unpaired) electrons. The molecule has 0 fully saturated rings. The van der Waals surface area contributed by atoms with Gasteiger partial charge in [-0.05, 0) is 5.56 Å². The Hall–Kier alpha value is -1.74. The molecule has 0 aliphatic carbocycles. The van der Waals surface area contributed by atoms with Gasteiger partial charge in [0, 0.05) is 17.6 Å². The van der Waals surface area contributed by atoms with E-state index in [1.54, 1.807) is 0 Å². The second-order valence-corrected chi connectivity index (χ2v) is 3.23. The lowest BCUT2D eigenvalue weighted by atomic mass is 10.0. The number of nitriles is 1. The van der Waals surface area contributed by atoms with Crippen LogP contribution in [0.15, 0.2) is 6.20 Å². The number of esters is 1. The molecule has 1 heterocycles. The molecule has 0 aliphatic heterocycles. The standard InChI is InChI=1S/C10H7ClF2N2O2/c1-17-10(16)8-6(3-14)7(9(12)13)5(2-11)4-15-8/h4,9H,2H2,1H3. The van der Waals surface area contributed by atoms with Crippen molar-refractivity contribution in [2.75, 3.05) is 7.11 Å². The summed E-state index contributed by atoms with van der Waals surface area (Å²) in [6.07, 6.45) is -1.87. The molecular weight excluding hydrogens is 254 g/mol. The highest BCUT2D eigenvalue weighted by molar-refractivity contribution is 6.17. The van der Waals surface area contributed by atoms with E-state index in [1.165, 1.54) is 6.07 Å². The van der Waals surface area contributed by atoms with E-state index in [4.69, 9.17) is 16.9 Å². The third-order valence-corrected chi connectivity index (χ3v) is 2.34. The van der Waals surface area contributed by atoms with Gasteiger partial charge in [0.1, 0.15) is 6.07 Å². The summed E-state index contributed by atoms with van der Waals surface area (Å²) in [6, 6.07) is 1.53. The van der Waals surface area contributed by atoms with Crippen LogP contribution in [0.1, 0.15) is 33.6 Å². The molecule has 90 valence electrons. The molecule has 0 N–H and O–H groups in total. The minimum absolute atomic E-state index is 0.0193. The van der Waals surface area contributed by atoms with Crippen LogP contribution >= 0.6 is 11.6 Å². The lowest BCUT2D eigenvalue weighted by molar-refractivity contribution is 0.0593. The molecule has 1 aromatic heterocycles. The summed E-state index contributed by atoms with van der Waals surface area (Å²) in [4.78, 5) is 14.9. The number of ether oxygens (including phenoxy) is 1. The Labute approximate surface area is 101 Å². The van der Waals surface area contributed by atoms with Crippen LogP contribution in [0.3, 0.4) is 0 Å². The molecule has 4 nitrogen and oxygen atoms in total. The summed E-state index contributed by atoms with van der Waals surface area (Å²) in [5.74, 6) is -1.16. The number of rotatable bonds is 3. The molecule has 7 heteroatoms. The molecule has 0 saturated carbocycles. The van der Waals surface area contributed by atoms with Crippen molar-refractivity contribution >= 4 is 17.6 Å². The summed E-state index contributed by atoms with van der Waals surface area (Å²) in [6.45, 7) is 0. The highest BCUT2D eigenvalue weighted by Crippen LogP contribution is 2.29. The second-order valence-electron chi connectivity index (χ2n) is 2.96. The van der Waals surface area contributed by atoms with Gasteiger partial charge >= 0.3 is 5.97 Å². The van der Waals surface area contributed by atoms with Crippen molar-refractivity contribution in [3.63, 3.8) is 0 Å². The van der Waals surface area contributed by atoms with Crippen molar-refractivity contribution in [3.05, 3.63) is 28.6 Å². The van der Waals surface area contributed by atoms with E-state index in [9.17, 15) is 13.6 Å². The normalized spacial score (nSPS) is 10.1. The van der Waals surface area contributed by atoms with E-state index in [0.29, 0.717) is 0 Å². The van der Waals surface area contributed by atoms with E-state index < -0.39 is 29.2 Å². The van der Waals surface area contributed by atoms with Gasteiger partial charge in [-0.2, -0.15) is 5.26 Å². The lowest BCUT2D eigenvalue weighted by Crippen LogP contribution is -2.11. The van der Waals surface area contributed by atoms with Gasteiger partial charge in [0.05, 0.1) is 12.7 Å². The fourth-order valence-electron chi connectivity index (χ4n) is 1.29. The molecule has 0 atom stereocenters. The Morgan fingerprint density at radius 2 is 2.35 bits per heavy atom. The fourth-order valence-corrected chi connectivity index (χ4v) is 1.50. The van der Waals surface area contributed by atoms with E-state index in [1.807, 2.05) is 0 Å². The quantitative estimate of drug-likeness (QED) is 0.618. The SMILES string of the molecule is COC(=O)c1ncc(CCl)c(C(F)F)c1C#N. The minimum Gasteiger partial charge on any atom is -0.464 e. The third kappa shape index (κ3) is 2.50. The summed E-state index contributed by atoms with van der Waals surface area (Å²) in [5.41, 5.74) is -1.48. The van der Waals surface area contributed by atoms with Crippen LogP contribution in [0.5, 0.6) is 0 Å². The van der Waals surface area contributed by atoms with Crippen LogP contribution in [0.2, 0.25) is 0 Å². The summed E-state index contributed by atoms with van der Waals surface area (Å²) < 4.78 is 30.0. The van der Waals surface area contributed by atoms with E-state index in [0.717, 1.165) is 13.3 Å². The molecule has 17 heavy (non-hydrogen) atoms. The summed E-state index contributed by atoms with van der Waals surface area (Å²) in [7, 11) is 1.07. The van der Waals surface area contributed by atoms with Crippen molar-refractivity contribution in [2.45, 2.75) is 12.3 Å². The number of pyridine rings is 1. The Bertz CT molecular complexity index is 486. The van der Waals surface area contributed by atoms with Crippen LogP contribution in [0, 0.1) is 11.3 Å². The van der Waals surface area contributed by atoms with Crippen LogP contribution in [-0.2, 0) is 10.6 Å². The van der Waals surface area contributed by atoms with Crippen molar-refractivity contribution in [1.82, 2.24) is 4.98 Å². The van der Waals surface area contributed by atoms with Gasteiger partial charge in [0.2, 0.25) is 0 Å². The van der Waals surface area contributed by atoms with Crippen molar-refractivity contribution in [2.24, 2.45) is 0 Å². The van der Waals surface area contributed by atoms with Crippen molar-refractivity contribution in [3.8, 4) is 6.07 Å². The van der Waals surface area contributed by atoms with Crippen LogP contribution in [0.25, 0.3) is 0 Å². The number of hydrogen-bond donors (Lipinski definition) is 0. The average Bonchev–Trinajstić information content (AvgIpc) is 2.35. The van der Waals surface area contributed by atoms with E-state index in [-0.39, 0.29) is 11.4 Å². The first-order chi connectivity index (χ1) is 8.06. The topological polar surface area (TPSA) is 63.0 Å². The number of carbonyl (C=O) groups is 1. The zero-order valence-corrected chi connectivity index (χ0v) is 9.46. The number of hydrogen-bond acceptors (Lipinski definition) is 4. The Morgan fingerprint density at radius 3 is 2.76 bits per heavy atom. The smallest absolute Gasteiger partial charge is 0.358 e. The van der Waals surface area contributed by atoms with Gasteiger partial charge in [0.25, 0.3) is 6.43 Å². The first kappa shape index (κ1) is 13.3. The van der Waals surface area contributed by atoms with Gasteiger partial charge in [-0.3, -0.25) is 0 Å². The number of carbonyl (C=O) groups excluding carboxylic acids is 1. The van der Waals surface area contributed by atoms with Gasteiger partial charge in [-0.25, -0.2) is 18.6 Å². The number of aromatic nitrogens is 1. The maximum absolute atomic E-state index is 12.8. The summed E-state index contributed by atoms with van der Waals surface area (Å²) in [5, 5.41) is 8.84. The van der Waals surface area contributed by atoms with E-state index in [2.05, 4.69) is 9.72 Å². The fraction of sp³-hybridized carbons (Fsp3) is 0.300. The van der Waals surface area contributed by atoms with Crippen molar-refractivity contribution < 1.29 is 18.3 Å². The second kappa shape index (κ2) is 5.55. The summed E-state index contributed by atoms with van der Waals surface area (Å²) >= 11 is 5.47. The molecule has 0 amide bonds. The molecule has 1 aromatic rings. The molecule has 0 aromatic carbocycles. The highest BCUT2D eigenvalue weighted by Gasteiger charge is 2.25. The monoisotopic (exact) mass is 260 g/mol. The Morgan fingerprint density at radius 1 is 1.71 bits per heavy atom. The van der Waals surface area contributed by atoms with Gasteiger partial charge in [-0.1, -0.05) is 0 Å². The first-order valence-electron chi connectivity index (χ1n) is 4.41. The molecule has 1 rings (SSSR count). The van der Waals surface area contributed by atoms with Crippen LogP contribution < -0.4 is 0 Å². The zero-order valence-electron chi connectivity index (χ0n) is 8.71. The minimum atomic E-state index is -2.91. The lowest BCUT2D eigenvalue weighted by Gasteiger charge is -2.10.